The molecular formula is C12H15NO4. The summed E-state index contributed by atoms with van der Waals surface area (Å²) in [5.74, 6) is -0.723. The number of phenols is 2. The molecule has 3 N–H and O–H groups in total. The van der Waals surface area contributed by atoms with E-state index in [4.69, 9.17) is 0 Å². The van der Waals surface area contributed by atoms with Gasteiger partial charge >= 0.3 is 5.97 Å². The quantitative estimate of drug-likeness (QED) is 0.418. The second-order valence-corrected chi connectivity index (χ2v) is 3.44. The Kier molecular flexibility index (Phi) is 3.98. The second kappa shape index (κ2) is 5.25. The van der Waals surface area contributed by atoms with Crippen LogP contribution in [0, 0.1) is 0 Å². The summed E-state index contributed by atoms with van der Waals surface area (Å²) >= 11 is 0. The van der Waals surface area contributed by atoms with Gasteiger partial charge in [-0.1, -0.05) is 0 Å². The van der Waals surface area contributed by atoms with Crippen molar-refractivity contribution in [3.05, 3.63) is 29.5 Å². The topological polar surface area (TPSA) is 78.8 Å². The minimum absolute atomic E-state index is 0.0388. The van der Waals surface area contributed by atoms with Crippen LogP contribution in [0.1, 0.15) is 12.5 Å². The first-order valence-electron chi connectivity index (χ1n) is 5.00. The van der Waals surface area contributed by atoms with Gasteiger partial charge in [-0.2, -0.15) is 0 Å². The second-order valence-electron chi connectivity index (χ2n) is 3.44. The van der Waals surface area contributed by atoms with Gasteiger partial charge in [0, 0.05) is 18.3 Å². The van der Waals surface area contributed by atoms with Crippen LogP contribution in [0.4, 0.5) is 0 Å². The Morgan fingerprint density at radius 1 is 1.35 bits per heavy atom. The number of allylic oxidation sites excluding steroid dienone is 1. The number of hydrogen-bond donors (Lipinski definition) is 3. The van der Waals surface area contributed by atoms with E-state index in [0.29, 0.717) is 5.70 Å². The maximum atomic E-state index is 11.7. The van der Waals surface area contributed by atoms with E-state index < -0.39 is 5.97 Å². The number of aromatic hydroxyl groups is 2. The fraction of sp³-hybridized carbons (Fsp3) is 0.250. The van der Waals surface area contributed by atoms with Crippen LogP contribution in [-0.4, -0.2) is 30.3 Å². The Balaban J connectivity index is 3.43. The lowest BCUT2D eigenvalue weighted by Gasteiger charge is -2.12. The zero-order chi connectivity index (χ0) is 13.0. The number of rotatable bonds is 3. The van der Waals surface area contributed by atoms with Gasteiger partial charge in [0.1, 0.15) is 11.5 Å². The molecule has 0 aliphatic heterocycles. The Labute approximate surface area is 99.3 Å². The molecule has 1 aromatic carbocycles. The summed E-state index contributed by atoms with van der Waals surface area (Å²) in [6.07, 6.45) is 0. The maximum absolute atomic E-state index is 11.7. The maximum Gasteiger partial charge on any atom is 0.340 e. The minimum atomic E-state index is -0.585. The van der Waals surface area contributed by atoms with Crippen molar-refractivity contribution in [1.82, 2.24) is 5.32 Å². The summed E-state index contributed by atoms with van der Waals surface area (Å²) in [6, 6.07) is 3.96. The summed E-state index contributed by atoms with van der Waals surface area (Å²) < 4.78 is 4.66. The number of benzene rings is 1. The lowest BCUT2D eigenvalue weighted by molar-refractivity contribution is -0.133. The van der Waals surface area contributed by atoms with E-state index in [1.165, 1.54) is 25.3 Å². The van der Waals surface area contributed by atoms with Crippen LogP contribution in [0.15, 0.2) is 23.9 Å². The van der Waals surface area contributed by atoms with Crippen molar-refractivity contribution < 1.29 is 19.7 Å². The van der Waals surface area contributed by atoms with Crippen LogP contribution in [0.25, 0.3) is 5.57 Å². The van der Waals surface area contributed by atoms with Crippen molar-refractivity contribution in [3.63, 3.8) is 0 Å². The molecule has 0 aromatic heterocycles. The summed E-state index contributed by atoms with van der Waals surface area (Å²) in [6.45, 7) is 1.68. The van der Waals surface area contributed by atoms with Gasteiger partial charge in [-0.3, -0.25) is 0 Å². The van der Waals surface area contributed by atoms with E-state index in [2.05, 4.69) is 10.1 Å². The number of nitrogens with one attached hydrogen (secondary N) is 1. The fourth-order valence-corrected chi connectivity index (χ4v) is 1.42. The first kappa shape index (κ1) is 12.9. The molecule has 0 unspecified atom stereocenters. The number of carbonyl (C=O) groups excluding carboxylic acids is 1. The summed E-state index contributed by atoms with van der Waals surface area (Å²) in [7, 11) is 2.91. The molecule has 0 saturated heterocycles. The van der Waals surface area contributed by atoms with Gasteiger partial charge < -0.3 is 20.3 Å². The smallest absolute Gasteiger partial charge is 0.340 e. The molecular weight excluding hydrogens is 222 g/mol. The average Bonchev–Trinajstić information content (AvgIpc) is 2.33. The number of ether oxygens (including phenoxy) is 1. The van der Waals surface area contributed by atoms with Gasteiger partial charge in [-0.15, -0.1) is 0 Å². The first-order chi connectivity index (χ1) is 8.01. The molecule has 0 amide bonds. The Morgan fingerprint density at radius 2 is 2.00 bits per heavy atom. The van der Waals surface area contributed by atoms with Crippen LogP contribution < -0.4 is 5.32 Å². The fourth-order valence-electron chi connectivity index (χ4n) is 1.42. The highest BCUT2D eigenvalue weighted by Gasteiger charge is 2.19. The van der Waals surface area contributed by atoms with Crippen molar-refractivity contribution in [2.75, 3.05) is 14.2 Å². The number of hydrogen-bond acceptors (Lipinski definition) is 5. The largest absolute Gasteiger partial charge is 0.508 e. The summed E-state index contributed by atoms with van der Waals surface area (Å²) in [5, 5.41) is 21.9. The molecule has 0 radical (unpaired) electrons. The number of phenolic OH excluding ortho intramolecular Hbond substituents is 2. The molecule has 0 atom stereocenters. The lowest BCUT2D eigenvalue weighted by atomic mass is 10.0. The third-order valence-electron chi connectivity index (χ3n) is 2.39. The zero-order valence-corrected chi connectivity index (χ0v) is 9.94. The van der Waals surface area contributed by atoms with Gasteiger partial charge in [0.15, 0.2) is 0 Å². The SMILES string of the molecule is CN/C(C)=C(/C(=O)OC)c1cc(O)ccc1O. The predicted molar refractivity (Wildman–Crippen MR) is 63.4 cm³/mol. The highest BCUT2D eigenvalue weighted by molar-refractivity contribution is 6.18. The molecule has 0 spiro atoms. The van der Waals surface area contributed by atoms with Gasteiger partial charge in [-0.25, -0.2) is 4.79 Å². The molecule has 0 saturated carbocycles. The molecule has 0 aliphatic rings. The van der Waals surface area contributed by atoms with Crippen molar-refractivity contribution >= 4 is 11.5 Å². The van der Waals surface area contributed by atoms with Crippen molar-refractivity contribution in [2.45, 2.75) is 6.92 Å². The molecule has 5 nitrogen and oxygen atoms in total. The predicted octanol–water partition coefficient (Wildman–Crippen LogP) is 1.22. The summed E-state index contributed by atoms with van der Waals surface area (Å²) in [4.78, 5) is 11.7. The van der Waals surface area contributed by atoms with E-state index in [1.54, 1.807) is 14.0 Å². The van der Waals surface area contributed by atoms with Gasteiger partial charge in [-0.05, 0) is 25.1 Å². The molecule has 92 valence electrons. The van der Waals surface area contributed by atoms with Crippen molar-refractivity contribution in [2.24, 2.45) is 0 Å². The molecule has 0 fully saturated rings. The van der Waals surface area contributed by atoms with Crippen molar-refractivity contribution in [1.29, 1.82) is 0 Å². The Hall–Kier alpha value is -2.17. The molecule has 0 bridgehead atoms. The zero-order valence-electron chi connectivity index (χ0n) is 9.94. The molecule has 5 heteroatoms. The Bertz CT molecular complexity index is 466. The molecule has 0 heterocycles. The monoisotopic (exact) mass is 237 g/mol. The van der Waals surface area contributed by atoms with Crippen LogP contribution in [0.5, 0.6) is 11.5 Å². The van der Waals surface area contributed by atoms with E-state index in [0.717, 1.165) is 0 Å². The van der Waals surface area contributed by atoms with E-state index in [-0.39, 0.29) is 22.6 Å². The van der Waals surface area contributed by atoms with E-state index in [9.17, 15) is 15.0 Å². The average molecular weight is 237 g/mol. The number of esters is 1. The van der Waals surface area contributed by atoms with Crippen LogP contribution in [0.2, 0.25) is 0 Å². The third-order valence-corrected chi connectivity index (χ3v) is 2.39. The highest BCUT2D eigenvalue weighted by atomic mass is 16.5. The molecule has 1 rings (SSSR count). The first-order valence-corrected chi connectivity index (χ1v) is 5.00. The Morgan fingerprint density at radius 3 is 2.53 bits per heavy atom. The number of methoxy groups -OCH3 is 1. The van der Waals surface area contributed by atoms with E-state index in [1.807, 2.05) is 0 Å². The molecule has 0 aliphatic carbocycles. The standard InChI is InChI=1S/C12H15NO4/c1-7(13-2)11(12(16)17-3)9-6-8(14)4-5-10(9)15/h4-6,13-15H,1-3H3/b11-7+. The van der Waals surface area contributed by atoms with E-state index >= 15 is 0 Å². The normalized spacial score (nSPS) is 11.7. The molecule has 1 aromatic rings. The summed E-state index contributed by atoms with van der Waals surface area (Å²) in [5.41, 5.74) is 0.949. The van der Waals surface area contributed by atoms with Gasteiger partial charge in [0.05, 0.1) is 12.7 Å². The third kappa shape index (κ3) is 2.69. The lowest BCUT2D eigenvalue weighted by Crippen LogP contribution is -2.13. The minimum Gasteiger partial charge on any atom is -0.508 e. The van der Waals surface area contributed by atoms with Crippen molar-refractivity contribution in [3.8, 4) is 11.5 Å². The van der Waals surface area contributed by atoms with Crippen LogP contribution in [0.3, 0.4) is 0 Å². The van der Waals surface area contributed by atoms with Gasteiger partial charge in [0.2, 0.25) is 0 Å². The molecule has 17 heavy (non-hydrogen) atoms. The van der Waals surface area contributed by atoms with Crippen LogP contribution in [-0.2, 0) is 9.53 Å². The highest BCUT2D eigenvalue weighted by Crippen LogP contribution is 2.30. The number of carbonyl (C=O) groups is 1. The van der Waals surface area contributed by atoms with Crippen LogP contribution >= 0.6 is 0 Å². The van der Waals surface area contributed by atoms with Gasteiger partial charge in [0.25, 0.3) is 0 Å².